The van der Waals surface area contributed by atoms with Gasteiger partial charge >= 0.3 is 0 Å². The molecule has 122 valence electrons. The highest BCUT2D eigenvalue weighted by atomic mass is 16.2. The molecule has 0 aliphatic carbocycles. The van der Waals surface area contributed by atoms with E-state index < -0.39 is 0 Å². The monoisotopic (exact) mass is 312 g/mol. The third-order valence-electron chi connectivity index (χ3n) is 3.24. The molecule has 0 saturated carbocycles. The number of amides is 1. The van der Waals surface area contributed by atoms with Crippen molar-refractivity contribution in [1.29, 1.82) is 0 Å². The molecule has 1 amide bonds. The standard InChI is InChI=1S/C18H24N4O/c1-12(2)13-6-8-14(9-7-13)19-16-11-10-15(21-22-16)17(23)20-18(3,4)5/h6-12H,1-5H3,(H,19,22)(H,20,23). The molecule has 0 aliphatic rings. The Labute approximate surface area is 137 Å². The van der Waals surface area contributed by atoms with Gasteiger partial charge in [0.25, 0.3) is 5.91 Å². The van der Waals surface area contributed by atoms with Gasteiger partial charge in [-0.15, -0.1) is 10.2 Å². The molecule has 0 aliphatic heterocycles. The molecular formula is C18H24N4O. The van der Waals surface area contributed by atoms with Crippen LogP contribution in [-0.4, -0.2) is 21.6 Å². The highest BCUT2D eigenvalue weighted by Crippen LogP contribution is 2.19. The second-order valence-electron chi connectivity index (χ2n) is 6.91. The lowest BCUT2D eigenvalue weighted by Crippen LogP contribution is -2.41. The number of hydrogen-bond donors (Lipinski definition) is 2. The smallest absolute Gasteiger partial charge is 0.272 e. The van der Waals surface area contributed by atoms with Gasteiger partial charge in [-0.25, -0.2) is 0 Å². The van der Waals surface area contributed by atoms with Crippen LogP contribution in [0.1, 0.15) is 56.6 Å². The zero-order valence-electron chi connectivity index (χ0n) is 14.3. The van der Waals surface area contributed by atoms with E-state index in [0.717, 1.165) is 5.69 Å². The van der Waals surface area contributed by atoms with Crippen LogP contribution in [0, 0.1) is 0 Å². The van der Waals surface area contributed by atoms with Gasteiger partial charge in [0.1, 0.15) is 0 Å². The normalized spacial score (nSPS) is 11.4. The number of nitrogens with zero attached hydrogens (tertiary/aromatic N) is 2. The van der Waals surface area contributed by atoms with E-state index in [1.54, 1.807) is 12.1 Å². The van der Waals surface area contributed by atoms with Crippen LogP contribution in [0.5, 0.6) is 0 Å². The first-order valence-electron chi connectivity index (χ1n) is 7.78. The molecule has 0 atom stereocenters. The summed E-state index contributed by atoms with van der Waals surface area (Å²) in [5.74, 6) is 0.886. The van der Waals surface area contributed by atoms with Gasteiger partial charge in [0.15, 0.2) is 11.5 Å². The lowest BCUT2D eigenvalue weighted by Gasteiger charge is -2.19. The van der Waals surface area contributed by atoms with Crippen LogP contribution in [0.15, 0.2) is 36.4 Å². The predicted molar refractivity (Wildman–Crippen MR) is 93.1 cm³/mol. The van der Waals surface area contributed by atoms with Gasteiger partial charge in [-0.2, -0.15) is 0 Å². The van der Waals surface area contributed by atoms with Crippen LogP contribution in [0.2, 0.25) is 0 Å². The number of aromatic nitrogens is 2. The summed E-state index contributed by atoms with van der Waals surface area (Å²) in [7, 11) is 0. The largest absolute Gasteiger partial charge is 0.346 e. The topological polar surface area (TPSA) is 66.9 Å². The van der Waals surface area contributed by atoms with Gasteiger partial charge in [-0.1, -0.05) is 26.0 Å². The summed E-state index contributed by atoms with van der Waals surface area (Å²) in [5, 5.41) is 14.1. The second-order valence-corrected chi connectivity index (χ2v) is 6.91. The van der Waals surface area contributed by atoms with E-state index in [2.05, 4.69) is 46.8 Å². The lowest BCUT2D eigenvalue weighted by molar-refractivity contribution is 0.0913. The zero-order valence-corrected chi connectivity index (χ0v) is 14.3. The number of nitrogens with one attached hydrogen (secondary N) is 2. The highest BCUT2D eigenvalue weighted by Gasteiger charge is 2.16. The Morgan fingerprint density at radius 1 is 1.00 bits per heavy atom. The Morgan fingerprint density at radius 2 is 1.65 bits per heavy atom. The van der Waals surface area contributed by atoms with Crippen LogP contribution in [-0.2, 0) is 0 Å². The van der Waals surface area contributed by atoms with Gasteiger partial charge in [-0.05, 0) is 56.5 Å². The maximum Gasteiger partial charge on any atom is 0.272 e. The second kappa shape index (κ2) is 6.77. The summed E-state index contributed by atoms with van der Waals surface area (Å²) in [6.45, 7) is 10.1. The maximum absolute atomic E-state index is 12.0. The molecule has 5 heteroatoms. The Morgan fingerprint density at radius 3 is 2.13 bits per heavy atom. The van der Waals surface area contributed by atoms with Crippen LogP contribution >= 0.6 is 0 Å². The molecule has 0 bridgehead atoms. The Hall–Kier alpha value is -2.43. The van der Waals surface area contributed by atoms with Crippen molar-refractivity contribution in [3.8, 4) is 0 Å². The molecule has 2 aromatic rings. The number of carbonyl (C=O) groups is 1. The van der Waals surface area contributed by atoms with Crippen molar-refractivity contribution in [3.05, 3.63) is 47.7 Å². The van der Waals surface area contributed by atoms with Crippen LogP contribution in [0.3, 0.4) is 0 Å². The van der Waals surface area contributed by atoms with Crippen molar-refractivity contribution < 1.29 is 4.79 Å². The Balaban J connectivity index is 2.03. The molecule has 1 aromatic carbocycles. The van der Waals surface area contributed by atoms with Crippen molar-refractivity contribution in [2.75, 3.05) is 5.32 Å². The number of hydrogen-bond acceptors (Lipinski definition) is 4. The summed E-state index contributed by atoms with van der Waals surface area (Å²) >= 11 is 0. The van der Waals surface area contributed by atoms with E-state index >= 15 is 0 Å². The molecule has 0 spiro atoms. The first-order chi connectivity index (χ1) is 10.7. The van der Waals surface area contributed by atoms with Crippen LogP contribution < -0.4 is 10.6 Å². The van der Waals surface area contributed by atoms with E-state index in [-0.39, 0.29) is 11.4 Å². The molecule has 1 heterocycles. The molecule has 1 aromatic heterocycles. The van der Waals surface area contributed by atoms with Gasteiger partial charge in [0, 0.05) is 11.2 Å². The van der Waals surface area contributed by atoms with Crippen molar-refractivity contribution in [3.63, 3.8) is 0 Å². The minimum absolute atomic E-state index is 0.224. The maximum atomic E-state index is 12.0. The number of rotatable bonds is 4. The summed E-state index contributed by atoms with van der Waals surface area (Å²) in [6.07, 6.45) is 0. The van der Waals surface area contributed by atoms with Gasteiger partial charge < -0.3 is 10.6 Å². The van der Waals surface area contributed by atoms with Gasteiger partial charge in [0.2, 0.25) is 0 Å². The Kier molecular flexibility index (Phi) is 4.98. The third kappa shape index (κ3) is 5.06. The molecule has 2 rings (SSSR count). The Bertz CT molecular complexity index is 655. The van der Waals surface area contributed by atoms with E-state index in [0.29, 0.717) is 17.4 Å². The summed E-state index contributed by atoms with van der Waals surface area (Å²) < 4.78 is 0. The summed E-state index contributed by atoms with van der Waals surface area (Å²) in [5.41, 5.74) is 2.24. The minimum Gasteiger partial charge on any atom is -0.346 e. The fraction of sp³-hybridized carbons (Fsp3) is 0.389. The summed E-state index contributed by atoms with van der Waals surface area (Å²) in [4.78, 5) is 12.0. The number of benzene rings is 1. The molecule has 0 fully saturated rings. The number of carbonyl (C=O) groups excluding carboxylic acids is 1. The zero-order chi connectivity index (χ0) is 17.0. The highest BCUT2D eigenvalue weighted by molar-refractivity contribution is 5.92. The van der Waals surface area contributed by atoms with Crippen LogP contribution in [0.4, 0.5) is 11.5 Å². The average Bonchev–Trinajstić information content (AvgIpc) is 2.46. The first-order valence-corrected chi connectivity index (χ1v) is 7.78. The fourth-order valence-corrected chi connectivity index (χ4v) is 2.02. The third-order valence-corrected chi connectivity index (χ3v) is 3.24. The molecule has 23 heavy (non-hydrogen) atoms. The summed E-state index contributed by atoms with van der Waals surface area (Å²) in [6, 6.07) is 11.6. The van der Waals surface area contributed by atoms with Crippen molar-refractivity contribution in [2.45, 2.75) is 46.1 Å². The molecular weight excluding hydrogens is 288 g/mol. The van der Waals surface area contributed by atoms with Gasteiger partial charge in [0.05, 0.1) is 0 Å². The van der Waals surface area contributed by atoms with Crippen molar-refractivity contribution in [2.24, 2.45) is 0 Å². The van der Waals surface area contributed by atoms with E-state index in [1.807, 2.05) is 32.9 Å². The van der Waals surface area contributed by atoms with Gasteiger partial charge in [-0.3, -0.25) is 4.79 Å². The van der Waals surface area contributed by atoms with Crippen LogP contribution in [0.25, 0.3) is 0 Å². The minimum atomic E-state index is -0.298. The first kappa shape index (κ1) is 16.9. The van der Waals surface area contributed by atoms with E-state index in [9.17, 15) is 4.79 Å². The molecule has 0 radical (unpaired) electrons. The SMILES string of the molecule is CC(C)c1ccc(Nc2ccc(C(=O)NC(C)(C)C)nn2)cc1. The predicted octanol–water partition coefficient (Wildman–Crippen LogP) is 3.87. The van der Waals surface area contributed by atoms with Crippen molar-refractivity contribution in [1.82, 2.24) is 15.5 Å². The lowest BCUT2D eigenvalue weighted by atomic mass is 10.0. The molecule has 5 nitrogen and oxygen atoms in total. The molecule has 0 saturated heterocycles. The van der Waals surface area contributed by atoms with Crippen molar-refractivity contribution >= 4 is 17.4 Å². The molecule has 2 N–H and O–H groups in total. The average molecular weight is 312 g/mol. The number of anilines is 2. The molecule has 0 unspecified atom stereocenters. The van der Waals surface area contributed by atoms with E-state index in [1.165, 1.54) is 5.56 Å². The fourth-order valence-electron chi connectivity index (χ4n) is 2.02. The van der Waals surface area contributed by atoms with E-state index in [4.69, 9.17) is 0 Å². The quantitative estimate of drug-likeness (QED) is 0.899.